The Morgan fingerprint density at radius 2 is 1.69 bits per heavy atom. The van der Waals surface area contributed by atoms with Gasteiger partial charge in [-0.3, -0.25) is 13.9 Å². The van der Waals surface area contributed by atoms with Gasteiger partial charge in [0.25, 0.3) is 10.0 Å². The Morgan fingerprint density at radius 3 is 2.36 bits per heavy atom. The molecule has 1 N–H and O–H groups in total. The Morgan fingerprint density at radius 1 is 1.00 bits per heavy atom. The summed E-state index contributed by atoms with van der Waals surface area (Å²) in [6.45, 7) is 3.54. The van der Waals surface area contributed by atoms with Gasteiger partial charge in [-0.25, -0.2) is 12.8 Å². The summed E-state index contributed by atoms with van der Waals surface area (Å²) in [5, 5.41) is 2.54. The second-order valence-corrected chi connectivity index (χ2v) is 11.0. The van der Waals surface area contributed by atoms with Crippen LogP contribution in [0.25, 0.3) is 0 Å². The molecule has 1 heterocycles. The fourth-order valence-electron chi connectivity index (χ4n) is 4.25. The first-order valence-electron chi connectivity index (χ1n) is 12.3. The third-order valence-electron chi connectivity index (χ3n) is 6.34. The van der Waals surface area contributed by atoms with Gasteiger partial charge < -0.3 is 19.7 Å². The monoisotopic (exact) mass is 555 g/mol. The van der Waals surface area contributed by atoms with Crippen LogP contribution in [0.5, 0.6) is 11.5 Å². The number of carbonyl (C=O) groups excluding carboxylic acids is 2. The summed E-state index contributed by atoms with van der Waals surface area (Å²) in [6.07, 6.45) is 0. The fourth-order valence-corrected chi connectivity index (χ4v) is 5.68. The molecule has 11 heteroatoms. The van der Waals surface area contributed by atoms with Crippen LogP contribution in [0.4, 0.5) is 10.1 Å². The molecule has 3 aromatic rings. The molecule has 2 amide bonds. The molecule has 0 spiro atoms. The first-order chi connectivity index (χ1) is 18.6. The van der Waals surface area contributed by atoms with Crippen LogP contribution in [0.1, 0.15) is 18.1 Å². The van der Waals surface area contributed by atoms with Gasteiger partial charge in [-0.15, -0.1) is 0 Å². The lowest BCUT2D eigenvalue weighted by Gasteiger charge is -2.32. The molecule has 1 aliphatic rings. The van der Waals surface area contributed by atoms with Crippen molar-refractivity contribution in [3.63, 3.8) is 0 Å². The Balaban J connectivity index is 1.72. The van der Waals surface area contributed by atoms with Crippen LogP contribution in [0.3, 0.4) is 0 Å². The summed E-state index contributed by atoms with van der Waals surface area (Å²) in [7, 11) is -2.87. The van der Waals surface area contributed by atoms with Gasteiger partial charge in [0.05, 0.1) is 10.6 Å². The third kappa shape index (κ3) is 6.31. The van der Waals surface area contributed by atoms with Gasteiger partial charge in [0, 0.05) is 19.7 Å². The molecule has 0 saturated heterocycles. The first kappa shape index (κ1) is 27.9. The van der Waals surface area contributed by atoms with Crippen molar-refractivity contribution in [1.82, 2.24) is 10.2 Å². The van der Waals surface area contributed by atoms with E-state index in [2.05, 4.69) is 5.32 Å². The molecule has 39 heavy (non-hydrogen) atoms. The van der Waals surface area contributed by atoms with E-state index >= 15 is 0 Å². The van der Waals surface area contributed by atoms with E-state index in [1.807, 2.05) is 31.2 Å². The number of anilines is 1. The zero-order valence-electron chi connectivity index (χ0n) is 21.9. The van der Waals surface area contributed by atoms with Crippen molar-refractivity contribution in [2.75, 3.05) is 31.1 Å². The summed E-state index contributed by atoms with van der Waals surface area (Å²) in [5.41, 5.74) is 1.84. The molecule has 0 bridgehead atoms. The number of benzene rings is 3. The molecule has 1 aliphatic heterocycles. The number of amides is 2. The quantitative estimate of drug-likeness (QED) is 0.435. The number of likely N-dealkylation sites (N-methyl/N-ethyl adjacent to an activating group) is 1. The Kier molecular flexibility index (Phi) is 8.39. The number of rotatable bonds is 9. The number of sulfonamides is 1. The van der Waals surface area contributed by atoms with Crippen LogP contribution in [-0.2, 0) is 26.2 Å². The van der Waals surface area contributed by atoms with E-state index in [9.17, 15) is 22.4 Å². The molecule has 0 fully saturated rings. The average molecular weight is 556 g/mol. The van der Waals surface area contributed by atoms with Crippen LogP contribution in [-0.4, -0.2) is 58.0 Å². The Bertz CT molecular complexity index is 1460. The molecule has 0 unspecified atom stereocenters. The molecule has 0 aliphatic carbocycles. The largest absolute Gasteiger partial charge is 0.486 e. The smallest absolute Gasteiger partial charge is 0.264 e. The molecule has 1 atom stereocenters. The second kappa shape index (κ2) is 11.7. The minimum atomic E-state index is -4.33. The minimum absolute atomic E-state index is 0.0798. The van der Waals surface area contributed by atoms with E-state index in [0.717, 1.165) is 27.6 Å². The molecule has 0 radical (unpaired) electrons. The maximum atomic E-state index is 13.9. The highest BCUT2D eigenvalue weighted by Crippen LogP contribution is 2.34. The van der Waals surface area contributed by atoms with Crippen molar-refractivity contribution in [2.24, 2.45) is 0 Å². The lowest BCUT2D eigenvalue weighted by molar-refractivity contribution is -0.139. The average Bonchev–Trinajstić information content (AvgIpc) is 2.94. The van der Waals surface area contributed by atoms with Gasteiger partial charge in [0.2, 0.25) is 11.8 Å². The number of halogens is 1. The summed E-state index contributed by atoms with van der Waals surface area (Å²) < 4.78 is 53.5. The highest BCUT2D eigenvalue weighted by atomic mass is 32.2. The Labute approximate surface area is 227 Å². The van der Waals surface area contributed by atoms with Crippen molar-refractivity contribution < 1.29 is 31.9 Å². The molecule has 9 nitrogen and oxygen atoms in total. The normalized spacial score (nSPS) is 13.3. The van der Waals surface area contributed by atoms with Gasteiger partial charge in [-0.05, 0) is 55.8 Å². The van der Waals surface area contributed by atoms with Crippen molar-refractivity contribution in [3.05, 3.63) is 83.7 Å². The Hall–Kier alpha value is -4.12. The van der Waals surface area contributed by atoms with E-state index in [1.54, 1.807) is 6.92 Å². The maximum Gasteiger partial charge on any atom is 0.264 e. The van der Waals surface area contributed by atoms with E-state index in [4.69, 9.17) is 9.47 Å². The van der Waals surface area contributed by atoms with Crippen LogP contribution < -0.4 is 19.1 Å². The summed E-state index contributed by atoms with van der Waals surface area (Å²) in [6, 6.07) is 15.6. The maximum absolute atomic E-state index is 13.9. The minimum Gasteiger partial charge on any atom is -0.486 e. The number of aryl methyl sites for hydroxylation is 1. The molecular weight excluding hydrogens is 525 g/mol. The van der Waals surface area contributed by atoms with Gasteiger partial charge in [-0.1, -0.05) is 29.8 Å². The summed E-state index contributed by atoms with van der Waals surface area (Å²) in [4.78, 5) is 27.5. The molecule has 206 valence electrons. The van der Waals surface area contributed by atoms with Gasteiger partial charge in [0.1, 0.15) is 31.6 Å². The van der Waals surface area contributed by atoms with Gasteiger partial charge in [0.15, 0.2) is 11.5 Å². The molecule has 0 saturated carbocycles. The van der Waals surface area contributed by atoms with Crippen molar-refractivity contribution in [3.8, 4) is 11.5 Å². The van der Waals surface area contributed by atoms with E-state index < -0.39 is 40.2 Å². The van der Waals surface area contributed by atoms with Crippen LogP contribution >= 0.6 is 0 Å². The number of fused-ring (bicyclic) bond motifs is 1. The predicted molar refractivity (Wildman–Crippen MR) is 144 cm³/mol. The van der Waals surface area contributed by atoms with Gasteiger partial charge >= 0.3 is 0 Å². The van der Waals surface area contributed by atoms with Crippen molar-refractivity contribution in [2.45, 2.75) is 31.3 Å². The molecule has 4 rings (SSSR count). The predicted octanol–water partition coefficient (Wildman–Crippen LogP) is 3.26. The zero-order chi connectivity index (χ0) is 28.2. The topological polar surface area (TPSA) is 105 Å². The third-order valence-corrected chi connectivity index (χ3v) is 8.11. The highest BCUT2D eigenvalue weighted by molar-refractivity contribution is 7.92. The first-order valence-corrected chi connectivity index (χ1v) is 13.8. The van der Waals surface area contributed by atoms with Crippen molar-refractivity contribution in [1.29, 1.82) is 0 Å². The molecule has 0 aromatic heterocycles. The second-order valence-electron chi connectivity index (χ2n) is 9.09. The van der Waals surface area contributed by atoms with Crippen LogP contribution in [0.2, 0.25) is 0 Å². The lowest BCUT2D eigenvalue weighted by Crippen LogP contribution is -2.50. The van der Waals surface area contributed by atoms with E-state index in [-0.39, 0.29) is 29.5 Å². The number of hydrogen-bond donors (Lipinski definition) is 1. The summed E-state index contributed by atoms with van der Waals surface area (Å²) >= 11 is 0. The van der Waals surface area contributed by atoms with Crippen LogP contribution in [0.15, 0.2) is 71.6 Å². The standard InChI is InChI=1S/C28H30FN3O6S/c1-19-5-4-6-21(15-19)17-31(20(2)28(34)30-3)27(33)18-32(23-9-7-22(29)8-10-23)39(35,36)24-11-12-25-26(16-24)38-14-13-37-25/h4-12,15-16,20H,13-14,17-18H2,1-3H3,(H,30,34)/t20-/m0/s1. The highest BCUT2D eigenvalue weighted by Gasteiger charge is 2.33. The molecule has 3 aromatic carbocycles. The fraction of sp³-hybridized carbons (Fsp3) is 0.286. The SMILES string of the molecule is CNC(=O)[C@H](C)N(Cc1cccc(C)c1)C(=O)CN(c1ccc(F)cc1)S(=O)(=O)c1ccc2c(c1)OCCO2. The number of nitrogens with zero attached hydrogens (tertiary/aromatic N) is 2. The van der Waals surface area contributed by atoms with Gasteiger partial charge in [-0.2, -0.15) is 0 Å². The molecular formula is C28H30FN3O6S. The number of hydrogen-bond acceptors (Lipinski definition) is 6. The van der Waals surface area contributed by atoms with Crippen molar-refractivity contribution >= 4 is 27.5 Å². The van der Waals surface area contributed by atoms with E-state index in [0.29, 0.717) is 12.4 Å². The summed E-state index contributed by atoms with van der Waals surface area (Å²) in [5.74, 6) is -0.900. The lowest BCUT2D eigenvalue weighted by atomic mass is 10.1. The number of nitrogens with one attached hydrogen (secondary N) is 1. The number of carbonyl (C=O) groups is 2. The van der Waals surface area contributed by atoms with E-state index in [1.165, 1.54) is 42.3 Å². The zero-order valence-corrected chi connectivity index (χ0v) is 22.7. The van der Waals surface area contributed by atoms with Crippen LogP contribution in [0, 0.1) is 12.7 Å². The number of ether oxygens (including phenoxy) is 2.